The number of hydrogen-bond donors (Lipinski definition) is 0. The first-order valence-electron chi connectivity index (χ1n) is 8.96. The zero-order valence-electron chi connectivity index (χ0n) is 14.4. The molecule has 2 saturated heterocycles. The largest absolute Gasteiger partial charge is 0.468 e. The maximum Gasteiger partial charge on any atom is 0.236 e. The van der Waals surface area contributed by atoms with Crippen LogP contribution in [-0.2, 0) is 9.59 Å². The number of likely N-dealkylation sites (tertiary alicyclic amines) is 1. The van der Waals surface area contributed by atoms with Crippen molar-refractivity contribution in [3.63, 3.8) is 0 Å². The SMILES string of the molecule is CC(=O)N1CCN(C(=O)CN2CCCCC[C@@H]2c2ccco2)CC1. The molecule has 3 heterocycles. The molecule has 24 heavy (non-hydrogen) atoms. The second kappa shape index (κ2) is 7.83. The molecular formula is C18H27N3O3. The van der Waals surface area contributed by atoms with Crippen LogP contribution in [0.1, 0.15) is 44.4 Å². The summed E-state index contributed by atoms with van der Waals surface area (Å²) in [5.41, 5.74) is 0. The smallest absolute Gasteiger partial charge is 0.236 e. The topological polar surface area (TPSA) is 57.0 Å². The Bertz CT molecular complexity index is 550. The highest BCUT2D eigenvalue weighted by molar-refractivity contribution is 5.79. The van der Waals surface area contributed by atoms with Crippen LogP contribution in [0.25, 0.3) is 0 Å². The molecule has 132 valence electrons. The van der Waals surface area contributed by atoms with Gasteiger partial charge in [-0.05, 0) is 31.5 Å². The Morgan fingerprint density at radius 3 is 2.50 bits per heavy atom. The Labute approximate surface area is 143 Å². The molecule has 0 aromatic carbocycles. The molecule has 6 heteroatoms. The zero-order chi connectivity index (χ0) is 16.9. The Morgan fingerprint density at radius 1 is 1.08 bits per heavy atom. The third-order valence-electron chi connectivity index (χ3n) is 5.15. The van der Waals surface area contributed by atoms with Crippen molar-refractivity contribution in [2.45, 2.75) is 38.6 Å². The second-order valence-corrected chi connectivity index (χ2v) is 6.74. The van der Waals surface area contributed by atoms with E-state index in [0.29, 0.717) is 32.7 Å². The lowest BCUT2D eigenvalue weighted by atomic mass is 10.1. The van der Waals surface area contributed by atoms with E-state index in [1.807, 2.05) is 17.0 Å². The summed E-state index contributed by atoms with van der Waals surface area (Å²) in [5, 5.41) is 0. The van der Waals surface area contributed by atoms with Gasteiger partial charge in [0.1, 0.15) is 5.76 Å². The Balaban J connectivity index is 1.60. The molecule has 0 N–H and O–H groups in total. The standard InChI is InChI=1S/C18H27N3O3/c1-15(22)19-9-11-20(12-10-19)18(23)14-21-8-4-2-3-6-16(21)17-7-5-13-24-17/h5,7,13,16H,2-4,6,8-12,14H2,1H3/t16-/m1/s1. The number of hydrogen-bond acceptors (Lipinski definition) is 4. The van der Waals surface area contributed by atoms with E-state index in [1.54, 1.807) is 18.1 Å². The lowest BCUT2D eigenvalue weighted by Crippen LogP contribution is -2.52. The first-order chi connectivity index (χ1) is 11.6. The van der Waals surface area contributed by atoms with Crippen LogP contribution < -0.4 is 0 Å². The number of amides is 2. The van der Waals surface area contributed by atoms with E-state index in [4.69, 9.17) is 4.42 Å². The van der Waals surface area contributed by atoms with Gasteiger partial charge in [-0.25, -0.2) is 0 Å². The number of furan rings is 1. The van der Waals surface area contributed by atoms with Crippen LogP contribution in [0.5, 0.6) is 0 Å². The minimum Gasteiger partial charge on any atom is -0.468 e. The molecule has 2 aliphatic rings. The summed E-state index contributed by atoms with van der Waals surface area (Å²) >= 11 is 0. The molecule has 1 aromatic rings. The van der Waals surface area contributed by atoms with E-state index < -0.39 is 0 Å². The molecule has 0 aliphatic carbocycles. The van der Waals surface area contributed by atoms with Gasteiger partial charge in [0.25, 0.3) is 0 Å². The Morgan fingerprint density at radius 2 is 1.83 bits per heavy atom. The van der Waals surface area contributed by atoms with Crippen LogP contribution in [0.4, 0.5) is 0 Å². The number of carbonyl (C=O) groups excluding carboxylic acids is 2. The van der Waals surface area contributed by atoms with E-state index >= 15 is 0 Å². The highest BCUT2D eigenvalue weighted by atomic mass is 16.3. The number of piperazine rings is 1. The summed E-state index contributed by atoms with van der Waals surface area (Å²) in [6, 6.07) is 4.13. The van der Waals surface area contributed by atoms with Crippen LogP contribution >= 0.6 is 0 Å². The van der Waals surface area contributed by atoms with Crippen molar-refractivity contribution < 1.29 is 14.0 Å². The molecule has 0 unspecified atom stereocenters. The lowest BCUT2D eigenvalue weighted by Gasteiger charge is -2.36. The predicted octanol–water partition coefficient (Wildman–Crippen LogP) is 1.89. The van der Waals surface area contributed by atoms with Crippen molar-refractivity contribution in [3.8, 4) is 0 Å². The van der Waals surface area contributed by atoms with E-state index in [1.165, 1.54) is 12.8 Å². The molecule has 6 nitrogen and oxygen atoms in total. The maximum absolute atomic E-state index is 12.7. The average Bonchev–Trinajstić information content (AvgIpc) is 3.02. The van der Waals surface area contributed by atoms with Gasteiger partial charge in [-0.1, -0.05) is 12.8 Å². The third kappa shape index (κ3) is 3.98. The Hall–Kier alpha value is -1.82. The highest BCUT2D eigenvalue weighted by Gasteiger charge is 2.29. The van der Waals surface area contributed by atoms with Gasteiger partial charge in [0.05, 0.1) is 18.8 Å². The van der Waals surface area contributed by atoms with Crippen molar-refractivity contribution in [1.29, 1.82) is 0 Å². The Kier molecular flexibility index (Phi) is 5.56. The lowest BCUT2D eigenvalue weighted by molar-refractivity contribution is -0.139. The van der Waals surface area contributed by atoms with Crippen LogP contribution in [0.15, 0.2) is 22.8 Å². The minimum atomic E-state index is 0.0903. The van der Waals surface area contributed by atoms with Gasteiger partial charge in [0.2, 0.25) is 11.8 Å². The molecule has 0 radical (unpaired) electrons. The van der Waals surface area contributed by atoms with Crippen LogP contribution in [0.2, 0.25) is 0 Å². The van der Waals surface area contributed by atoms with Gasteiger partial charge in [0.15, 0.2) is 0 Å². The van der Waals surface area contributed by atoms with E-state index in [2.05, 4.69) is 4.90 Å². The fraction of sp³-hybridized carbons (Fsp3) is 0.667. The highest BCUT2D eigenvalue weighted by Crippen LogP contribution is 2.30. The quantitative estimate of drug-likeness (QED) is 0.847. The van der Waals surface area contributed by atoms with Gasteiger partial charge >= 0.3 is 0 Å². The maximum atomic E-state index is 12.7. The summed E-state index contributed by atoms with van der Waals surface area (Å²) in [4.78, 5) is 30.1. The number of rotatable bonds is 3. The second-order valence-electron chi connectivity index (χ2n) is 6.74. The van der Waals surface area contributed by atoms with Crippen LogP contribution in [-0.4, -0.2) is 65.8 Å². The molecule has 0 saturated carbocycles. The summed E-state index contributed by atoms with van der Waals surface area (Å²) in [5.74, 6) is 1.22. The summed E-state index contributed by atoms with van der Waals surface area (Å²) in [6.07, 6.45) is 6.26. The molecule has 1 aromatic heterocycles. The molecule has 2 amide bonds. The molecule has 1 atom stereocenters. The zero-order valence-corrected chi connectivity index (χ0v) is 14.4. The predicted molar refractivity (Wildman–Crippen MR) is 90.3 cm³/mol. The van der Waals surface area contributed by atoms with E-state index in [9.17, 15) is 9.59 Å². The molecule has 0 bridgehead atoms. The van der Waals surface area contributed by atoms with Gasteiger partial charge in [-0.2, -0.15) is 0 Å². The van der Waals surface area contributed by atoms with Crippen molar-refractivity contribution in [2.75, 3.05) is 39.3 Å². The molecule has 3 rings (SSSR count). The van der Waals surface area contributed by atoms with Gasteiger partial charge in [-0.3, -0.25) is 14.5 Å². The average molecular weight is 333 g/mol. The van der Waals surface area contributed by atoms with E-state index in [0.717, 1.165) is 25.1 Å². The fourth-order valence-electron chi connectivity index (χ4n) is 3.70. The summed E-state index contributed by atoms with van der Waals surface area (Å²) < 4.78 is 5.62. The molecule has 2 aliphatic heterocycles. The number of nitrogens with zero attached hydrogens (tertiary/aromatic N) is 3. The molecule has 0 spiro atoms. The third-order valence-corrected chi connectivity index (χ3v) is 5.15. The first kappa shape index (κ1) is 17.0. The monoisotopic (exact) mass is 333 g/mol. The van der Waals surface area contributed by atoms with Crippen LogP contribution in [0, 0.1) is 0 Å². The minimum absolute atomic E-state index is 0.0903. The molecular weight excluding hydrogens is 306 g/mol. The van der Waals surface area contributed by atoms with Gasteiger partial charge in [-0.15, -0.1) is 0 Å². The molecule has 2 fully saturated rings. The van der Waals surface area contributed by atoms with Crippen molar-refractivity contribution in [3.05, 3.63) is 24.2 Å². The summed E-state index contributed by atoms with van der Waals surface area (Å²) in [7, 11) is 0. The normalized spacial score (nSPS) is 23.1. The van der Waals surface area contributed by atoms with Crippen LogP contribution in [0.3, 0.4) is 0 Å². The van der Waals surface area contributed by atoms with Crippen molar-refractivity contribution >= 4 is 11.8 Å². The van der Waals surface area contributed by atoms with Crippen molar-refractivity contribution in [1.82, 2.24) is 14.7 Å². The van der Waals surface area contributed by atoms with Gasteiger partial charge < -0.3 is 14.2 Å². The van der Waals surface area contributed by atoms with Gasteiger partial charge in [0, 0.05) is 33.1 Å². The van der Waals surface area contributed by atoms with E-state index in [-0.39, 0.29) is 17.9 Å². The summed E-state index contributed by atoms with van der Waals surface area (Å²) in [6.45, 7) is 5.51. The first-order valence-corrected chi connectivity index (χ1v) is 8.96. The number of carbonyl (C=O) groups is 2. The van der Waals surface area contributed by atoms with Crippen molar-refractivity contribution in [2.24, 2.45) is 0 Å². The fourth-order valence-corrected chi connectivity index (χ4v) is 3.70.